The molecule has 2 aromatic rings. The molecule has 1 saturated carbocycles. The van der Waals surface area contributed by atoms with Gasteiger partial charge in [-0.2, -0.15) is 0 Å². The summed E-state index contributed by atoms with van der Waals surface area (Å²) in [5.41, 5.74) is 3.12. The highest BCUT2D eigenvalue weighted by Crippen LogP contribution is 2.45. The molecule has 1 fully saturated rings. The highest BCUT2D eigenvalue weighted by Gasteiger charge is 2.45. The number of ether oxygens (including phenoxy) is 2. The minimum Gasteiger partial charge on any atom is -0.493 e. The van der Waals surface area contributed by atoms with Crippen LogP contribution in [0.4, 0.5) is 4.79 Å². The molecule has 132 valence electrons. The quantitative estimate of drug-likeness (QED) is 0.846. The number of amides is 2. The third kappa shape index (κ3) is 3.87. The van der Waals surface area contributed by atoms with Crippen molar-refractivity contribution < 1.29 is 14.3 Å². The zero-order valence-electron chi connectivity index (χ0n) is 14.9. The van der Waals surface area contributed by atoms with Gasteiger partial charge in [0.25, 0.3) is 0 Å². The first-order valence-electron chi connectivity index (χ1n) is 8.40. The van der Waals surface area contributed by atoms with Gasteiger partial charge in [-0.25, -0.2) is 4.79 Å². The number of nitrogens with one attached hydrogen (secondary N) is 2. The van der Waals surface area contributed by atoms with E-state index >= 15 is 0 Å². The van der Waals surface area contributed by atoms with Crippen molar-refractivity contribution in [3.05, 3.63) is 59.2 Å². The van der Waals surface area contributed by atoms with Crippen molar-refractivity contribution in [1.82, 2.24) is 10.6 Å². The normalized spacial score (nSPS) is 14.5. The Morgan fingerprint density at radius 1 is 1.04 bits per heavy atom. The third-order valence-electron chi connectivity index (χ3n) is 4.61. The van der Waals surface area contributed by atoms with Crippen molar-refractivity contribution >= 4 is 6.03 Å². The Hall–Kier alpha value is -2.69. The molecular weight excluding hydrogens is 316 g/mol. The molecule has 1 aliphatic rings. The van der Waals surface area contributed by atoms with E-state index in [0.29, 0.717) is 18.0 Å². The largest absolute Gasteiger partial charge is 0.493 e. The molecule has 0 radical (unpaired) electrons. The van der Waals surface area contributed by atoms with E-state index in [9.17, 15) is 4.79 Å². The van der Waals surface area contributed by atoms with Gasteiger partial charge in [-0.05, 0) is 43.0 Å². The number of carbonyl (C=O) groups excluding carboxylic acids is 1. The van der Waals surface area contributed by atoms with Gasteiger partial charge >= 0.3 is 6.03 Å². The second kappa shape index (κ2) is 7.05. The summed E-state index contributed by atoms with van der Waals surface area (Å²) in [6.07, 6.45) is 1.94. The lowest BCUT2D eigenvalue weighted by atomic mass is 10.0. The molecule has 2 aromatic carbocycles. The monoisotopic (exact) mass is 340 g/mol. The summed E-state index contributed by atoms with van der Waals surface area (Å²) in [6.45, 7) is 2.49. The number of rotatable bonds is 6. The van der Waals surface area contributed by atoms with Gasteiger partial charge in [0.2, 0.25) is 0 Å². The van der Waals surface area contributed by atoms with Crippen LogP contribution in [0.2, 0.25) is 0 Å². The number of benzene rings is 2. The predicted octanol–water partition coefficient (Wildman–Crippen LogP) is 3.50. The second-order valence-electron chi connectivity index (χ2n) is 6.45. The van der Waals surface area contributed by atoms with E-state index in [2.05, 4.69) is 41.8 Å². The van der Waals surface area contributed by atoms with Crippen LogP contribution in [0.5, 0.6) is 11.5 Å². The fourth-order valence-corrected chi connectivity index (χ4v) is 2.92. The van der Waals surface area contributed by atoms with E-state index in [4.69, 9.17) is 9.47 Å². The lowest BCUT2D eigenvalue weighted by Crippen LogP contribution is -2.41. The highest BCUT2D eigenvalue weighted by atomic mass is 16.5. The summed E-state index contributed by atoms with van der Waals surface area (Å²) >= 11 is 0. The Labute approximate surface area is 148 Å². The first kappa shape index (κ1) is 17.1. The number of urea groups is 1. The van der Waals surface area contributed by atoms with E-state index in [-0.39, 0.29) is 11.6 Å². The topological polar surface area (TPSA) is 59.6 Å². The standard InChI is InChI=1S/C20H24N2O3/c1-14-4-7-16(8-5-14)20(10-11-20)22-19(23)21-13-15-6-9-17(24-2)18(12-15)25-3/h4-9,12H,10-11,13H2,1-3H3,(H2,21,22,23). The highest BCUT2D eigenvalue weighted by molar-refractivity contribution is 5.75. The van der Waals surface area contributed by atoms with Gasteiger partial charge in [-0.1, -0.05) is 35.9 Å². The summed E-state index contributed by atoms with van der Waals surface area (Å²) in [4.78, 5) is 12.3. The van der Waals surface area contributed by atoms with Crippen LogP contribution < -0.4 is 20.1 Å². The number of carbonyl (C=O) groups is 1. The van der Waals surface area contributed by atoms with Gasteiger partial charge < -0.3 is 20.1 Å². The van der Waals surface area contributed by atoms with Crippen molar-refractivity contribution in [3.8, 4) is 11.5 Å². The molecule has 0 aliphatic heterocycles. The van der Waals surface area contributed by atoms with Crippen LogP contribution in [0.15, 0.2) is 42.5 Å². The molecule has 0 bridgehead atoms. The van der Waals surface area contributed by atoms with E-state index in [1.807, 2.05) is 18.2 Å². The van der Waals surface area contributed by atoms with Crippen LogP contribution in [0.25, 0.3) is 0 Å². The molecule has 0 saturated heterocycles. The van der Waals surface area contributed by atoms with Crippen LogP contribution in [-0.2, 0) is 12.1 Å². The first-order valence-corrected chi connectivity index (χ1v) is 8.40. The maximum absolute atomic E-state index is 12.3. The van der Waals surface area contributed by atoms with Gasteiger partial charge in [-0.15, -0.1) is 0 Å². The minimum atomic E-state index is -0.213. The third-order valence-corrected chi connectivity index (χ3v) is 4.61. The summed E-state index contributed by atoms with van der Waals surface area (Å²) in [5.74, 6) is 1.33. The Morgan fingerprint density at radius 3 is 2.32 bits per heavy atom. The van der Waals surface area contributed by atoms with Crippen LogP contribution in [0.3, 0.4) is 0 Å². The fourth-order valence-electron chi connectivity index (χ4n) is 2.92. The summed E-state index contributed by atoms with van der Waals surface area (Å²) < 4.78 is 10.5. The molecule has 0 spiro atoms. The van der Waals surface area contributed by atoms with Gasteiger partial charge in [0.05, 0.1) is 19.8 Å². The van der Waals surface area contributed by atoms with Gasteiger partial charge in [-0.3, -0.25) is 0 Å². The van der Waals surface area contributed by atoms with Crippen molar-refractivity contribution in [2.75, 3.05) is 14.2 Å². The molecule has 0 unspecified atom stereocenters. The van der Waals surface area contributed by atoms with Crippen molar-refractivity contribution in [1.29, 1.82) is 0 Å². The molecular formula is C20H24N2O3. The molecule has 2 amide bonds. The van der Waals surface area contributed by atoms with Crippen molar-refractivity contribution in [2.45, 2.75) is 31.8 Å². The molecule has 5 heteroatoms. The number of aryl methyl sites for hydroxylation is 1. The average Bonchev–Trinajstić information content (AvgIpc) is 3.40. The zero-order chi connectivity index (χ0) is 17.9. The lowest BCUT2D eigenvalue weighted by Gasteiger charge is -2.19. The number of hydrogen-bond donors (Lipinski definition) is 2. The molecule has 3 rings (SSSR count). The molecule has 1 aliphatic carbocycles. The molecule has 25 heavy (non-hydrogen) atoms. The minimum absolute atomic E-state index is 0.159. The van der Waals surface area contributed by atoms with Crippen molar-refractivity contribution in [2.24, 2.45) is 0 Å². The maximum Gasteiger partial charge on any atom is 0.315 e. The lowest BCUT2D eigenvalue weighted by molar-refractivity contribution is 0.235. The fraction of sp³-hybridized carbons (Fsp3) is 0.350. The summed E-state index contributed by atoms with van der Waals surface area (Å²) in [5, 5.41) is 6.04. The van der Waals surface area contributed by atoms with E-state index < -0.39 is 0 Å². The zero-order valence-corrected chi connectivity index (χ0v) is 14.9. The van der Waals surface area contributed by atoms with Crippen molar-refractivity contribution in [3.63, 3.8) is 0 Å². The summed E-state index contributed by atoms with van der Waals surface area (Å²) in [6, 6.07) is 13.8. The van der Waals surface area contributed by atoms with Gasteiger partial charge in [0.15, 0.2) is 11.5 Å². The molecule has 2 N–H and O–H groups in total. The van der Waals surface area contributed by atoms with E-state index in [1.165, 1.54) is 11.1 Å². The van der Waals surface area contributed by atoms with Gasteiger partial charge in [0, 0.05) is 6.54 Å². The Morgan fingerprint density at radius 2 is 1.72 bits per heavy atom. The van der Waals surface area contributed by atoms with E-state index in [1.54, 1.807) is 14.2 Å². The predicted molar refractivity (Wildman–Crippen MR) is 97.0 cm³/mol. The van der Waals surface area contributed by atoms with Crippen LogP contribution in [0, 0.1) is 6.92 Å². The van der Waals surface area contributed by atoms with Crippen LogP contribution >= 0.6 is 0 Å². The first-order chi connectivity index (χ1) is 12.1. The second-order valence-corrected chi connectivity index (χ2v) is 6.45. The SMILES string of the molecule is COc1ccc(CNC(=O)NC2(c3ccc(C)cc3)CC2)cc1OC. The average molecular weight is 340 g/mol. The molecule has 0 atom stereocenters. The molecule has 0 aromatic heterocycles. The van der Waals surface area contributed by atoms with Gasteiger partial charge in [0.1, 0.15) is 0 Å². The molecule has 5 nitrogen and oxygen atoms in total. The Bertz CT molecular complexity index is 752. The van der Waals surface area contributed by atoms with E-state index in [0.717, 1.165) is 18.4 Å². The summed E-state index contributed by atoms with van der Waals surface area (Å²) in [7, 11) is 3.20. The smallest absolute Gasteiger partial charge is 0.315 e. The maximum atomic E-state index is 12.3. The Balaban J connectivity index is 1.59. The number of hydrogen-bond acceptors (Lipinski definition) is 3. The van der Waals surface area contributed by atoms with Crippen LogP contribution in [-0.4, -0.2) is 20.3 Å². The Kier molecular flexibility index (Phi) is 4.83. The van der Waals surface area contributed by atoms with Crippen LogP contribution in [0.1, 0.15) is 29.5 Å². The molecule has 0 heterocycles. The number of methoxy groups -OCH3 is 2.